The Hall–Kier alpha value is -3.45. The summed E-state index contributed by atoms with van der Waals surface area (Å²) in [5.41, 5.74) is 11.4. The first-order valence-electron chi connectivity index (χ1n) is 11.6. The maximum absolute atomic E-state index is 6.61. The Morgan fingerprint density at radius 3 is 2.58 bits per heavy atom. The van der Waals surface area contributed by atoms with Crippen LogP contribution in [-0.4, -0.2) is 39.0 Å². The van der Waals surface area contributed by atoms with Crippen LogP contribution >= 0.6 is 0 Å². The Bertz CT molecular complexity index is 1230. The molecule has 2 aromatic carbocycles. The van der Waals surface area contributed by atoms with Crippen molar-refractivity contribution in [3.8, 4) is 11.3 Å². The lowest BCUT2D eigenvalue weighted by atomic mass is 10.00. The van der Waals surface area contributed by atoms with E-state index >= 15 is 0 Å². The topological polar surface area (TPSA) is 90.9 Å². The van der Waals surface area contributed by atoms with Crippen molar-refractivity contribution in [2.45, 2.75) is 45.3 Å². The van der Waals surface area contributed by atoms with Crippen LogP contribution in [0.15, 0.2) is 54.6 Å². The highest BCUT2D eigenvalue weighted by atomic mass is 16.5. The largest absolute Gasteiger partial charge is 0.383 e. The summed E-state index contributed by atoms with van der Waals surface area (Å²) in [6.45, 7) is 6.46. The summed E-state index contributed by atoms with van der Waals surface area (Å²) < 4.78 is 7.55. The summed E-state index contributed by atoms with van der Waals surface area (Å²) in [5.74, 6) is 1.58. The molecule has 0 aliphatic carbocycles. The molecule has 4 aromatic rings. The van der Waals surface area contributed by atoms with Gasteiger partial charge in [-0.25, -0.2) is 9.67 Å². The molecule has 0 spiro atoms. The third kappa shape index (κ3) is 4.54. The standard InChI is InChI=1S/C26H30N6O/c1-17(2)19-10-12-20(13-11-19)23-22-24(27)32(16-18-7-4-3-5-8-18)31-25(22)30-26(29-23)28-15-21-9-6-14-33-21/h3-5,7-8,10-13,17,21H,6,9,14-16,27H2,1-2H3,(H,28,30,31)/t21-/m1/s1. The van der Waals surface area contributed by atoms with Gasteiger partial charge < -0.3 is 15.8 Å². The molecule has 0 unspecified atom stereocenters. The van der Waals surface area contributed by atoms with Gasteiger partial charge >= 0.3 is 0 Å². The van der Waals surface area contributed by atoms with E-state index in [1.807, 2.05) is 22.9 Å². The minimum atomic E-state index is 0.193. The summed E-state index contributed by atoms with van der Waals surface area (Å²) >= 11 is 0. The number of nitrogens with one attached hydrogen (secondary N) is 1. The molecule has 0 saturated carbocycles. The Morgan fingerprint density at radius 1 is 1.09 bits per heavy atom. The van der Waals surface area contributed by atoms with Crippen LogP contribution in [0.4, 0.5) is 11.8 Å². The Morgan fingerprint density at radius 2 is 1.88 bits per heavy atom. The zero-order valence-corrected chi connectivity index (χ0v) is 19.2. The van der Waals surface area contributed by atoms with Crippen molar-refractivity contribution in [3.63, 3.8) is 0 Å². The number of benzene rings is 2. The minimum absolute atomic E-state index is 0.193. The third-order valence-electron chi connectivity index (χ3n) is 6.18. The average molecular weight is 443 g/mol. The molecule has 1 saturated heterocycles. The van der Waals surface area contributed by atoms with Crippen molar-refractivity contribution in [1.82, 2.24) is 19.7 Å². The predicted molar refractivity (Wildman–Crippen MR) is 132 cm³/mol. The molecule has 3 heterocycles. The van der Waals surface area contributed by atoms with E-state index in [2.05, 4.69) is 55.6 Å². The molecule has 1 fully saturated rings. The monoisotopic (exact) mass is 442 g/mol. The van der Waals surface area contributed by atoms with Crippen LogP contribution in [0.3, 0.4) is 0 Å². The van der Waals surface area contributed by atoms with Gasteiger partial charge in [0, 0.05) is 18.7 Å². The third-order valence-corrected chi connectivity index (χ3v) is 6.18. The van der Waals surface area contributed by atoms with E-state index in [9.17, 15) is 0 Å². The van der Waals surface area contributed by atoms with Gasteiger partial charge in [0.1, 0.15) is 5.82 Å². The average Bonchev–Trinajstić information content (AvgIpc) is 3.46. The van der Waals surface area contributed by atoms with Gasteiger partial charge in [0.25, 0.3) is 0 Å². The summed E-state index contributed by atoms with van der Waals surface area (Å²) in [6.07, 6.45) is 2.34. The van der Waals surface area contributed by atoms with Gasteiger partial charge in [-0.3, -0.25) is 0 Å². The number of hydrogen-bond acceptors (Lipinski definition) is 6. The molecular weight excluding hydrogens is 412 g/mol. The molecule has 3 N–H and O–H groups in total. The number of rotatable bonds is 7. The van der Waals surface area contributed by atoms with Crippen LogP contribution in [0.1, 0.15) is 43.7 Å². The van der Waals surface area contributed by atoms with Crippen LogP contribution in [0, 0.1) is 0 Å². The van der Waals surface area contributed by atoms with E-state index in [1.54, 1.807) is 0 Å². The van der Waals surface area contributed by atoms with Gasteiger partial charge in [-0.05, 0) is 29.9 Å². The summed E-state index contributed by atoms with van der Waals surface area (Å²) in [6, 6.07) is 18.7. The second-order valence-electron chi connectivity index (χ2n) is 8.92. The van der Waals surface area contributed by atoms with Crippen LogP contribution in [0.2, 0.25) is 0 Å². The number of nitrogens with two attached hydrogens (primary N) is 1. The second-order valence-corrected chi connectivity index (χ2v) is 8.92. The van der Waals surface area contributed by atoms with Crippen LogP contribution in [0.25, 0.3) is 22.3 Å². The van der Waals surface area contributed by atoms with Gasteiger partial charge in [-0.2, -0.15) is 4.98 Å². The zero-order valence-electron chi connectivity index (χ0n) is 19.2. The molecule has 7 nitrogen and oxygen atoms in total. The van der Waals surface area contributed by atoms with Gasteiger partial charge in [-0.15, -0.1) is 5.10 Å². The highest BCUT2D eigenvalue weighted by Crippen LogP contribution is 2.32. The fraction of sp³-hybridized carbons (Fsp3) is 0.346. The molecule has 1 atom stereocenters. The highest BCUT2D eigenvalue weighted by molar-refractivity contribution is 5.99. The maximum Gasteiger partial charge on any atom is 0.225 e. The minimum Gasteiger partial charge on any atom is -0.383 e. The lowest BCUT2D eigenvalue weighted by Gasteiger charge is -2.12. The smallest absolute Gasteiger partial charge is 0.225 e. The Labute approximate surface area is 194 Å². The SMILES string of the molecule is CC(C)c1ccc(-c2nc(NC[C@H]3CCCO3)nc3nn(Cc4ccccc4)c(N)c23)cc1. The van der Waals surface area contributed by atoms with Crippen LogP contribution in [0.5, 0.6) is 0 Å². The Kier molecular flexibility index (Phi) is 5.96. The molecule has 1 aliphatic rings. The van der Waals surface area contributed by atoms with E-state index in [4.69, 9.17) is 25.5 Å². The molecule has 33 heavy (non-hydrogen) atoms. The van der Waals surface area contributed by atoms with E-state index in [-0.39, 0.29) is 6.10 Å². The molecular formula is C26H30N6O. The number of fused-ring (bicyclic) bond motifs is 1. The predicted octanol–water partition coefficient (Wildman–Crippen LogP) is 4.84. The van der Waals surface area contributed by atoms with Crippen molar-refractivity contribution in [2.75, 3.05) is 24.2 Å². The first kappa shape index (κ1) is 21.4. The first-order chi connectivity index (χ1) is 16.1. The molecule has 170 valence electrons. The summed E-state index contributed by atoms with van der Waals surface area (Å²) in [7, 11) is 0. The lowest BCUT2D eigenvalue weighted by Crippen LogP contribution is -2.19. The zero-order chi connectivity index (χ0) is 22.8. The molecule has 7 heteroatoms. The van der Waals surface area contributed by atoms with Crippen molar-refractivity contribution in [2.24, 2.45) is 0 Å². The van der Waals surface area contributed by atoms with Gasteiger partial charge in [-0.1, -0.05) is 68.4 Å². The second kappa shape index (κ2) is 9.19. The number of hydrogen-bond donors (Lipinski definition) is 2. The van der Waals surface area contributed by atoms with E-state index < -0.39 is 0 Å². The molecule has 5 rings (SSSR count). The van der Waals surface area contributed by atoms with Crippen molar-refractivity contribution >= 4 is 22.8 Å². The number of aromatic nitrogens is 4. The summed E-state index contributed by atoms with van der Waals surface area (Å²) in [5, 5.41) is 8.89. The first-order valence-corrected chi connectivity index (χ1v) is 11.6. The number of anilines is 2. The lowest BCUT2D eigenvalue weighted by molar-refractivity contribution is 0.120. The highest BCUT2D eigenvalue weighted by Gasteiger charge is 2.20. The molecule has 0 bridgehead atoms. The van der Waals surface area contributed by atoms with Crippen molar-refractivity contribution in [3.05, 3.63) is 65.7 Å². The summed E-state index contributed by atoms with van der Waals surface area (Å²) in [4.78, 5) is 9.58. The van der Waals surface area contributed by atoms with Gasteiger partial charge in [0.05, 0.1) is 23.7 Å². The molecule has 0 radical (unpaired) electrons. The van der Waals surface area contributed by atoms with E-state index in [1.165, 1.54) is 5.56 Å². The van der Waals surface area contributed by atoms with E-state index in [0.29, 0.717) is 36.4 Å². The number of nitrogens with zero attached hydrogens (tertiary/aromatic N) is 4. The quantitative estimate of drug-likeness (QED) is 0.426. The Balaban J connectivity index is 1.56. The molecule has 0 amide bonds. The fourth-order valence-corrected chi connectivity index (χ4v) is 4.26. The fourth-order valence-electron chi connectivity index (χ4n) is 4.26. The van der Waals surface area contributed by atoms with Gasteiger partial charge in [0.15, 0.2) is 5.65 Å². The molecule has 1 aliphatic heterocycles. The van der Waals surface area contributed by atoms with Crippen molar-refractivity contribution in [1.29, 1.82) is 0 Å². The van der Waals surface area contributed by atoms with Gasteiger partial charge in [0.2, 0.25) is 5.95 Å². The van der Waals surface area contributed by atoms with Crippen molar-refractivity contribution < 1.29 is 4.74 Å². The normalized spacial score (nSPS) is 16.0. The number of ether oxygens (including phenoxy) is 1. The molecule has 2 aromatic heterocycles. The van der Waals surface area contributed by atoms with E-state index in [0.717, 1.165) is 41.7 Å². The van der Waals surface area contributed by atoms with Crippen LogP contribution in [-0.2, 0) is 11.3 Å². The maximum atomic E-state index is 6.61. The number of nitrogen functional groups attached to an aromatic ring is 1. The van der Waals surface area contributed by atoms with Crippen LogP contribution < -0.4 is 11.1 Å².